The van der Waals surface area contributed by atoms with Gasteiger partial charge in [0.2, 0.25) is 0 Å². The molecule has 0 radical (unpaired) electrons. The monoisotopic (exact) mass is 253 g/mol. The highest BCUT2D eigenvalue weighted by atomic mass is 16.5. The molecule has 1 aliphatic carbocycles. The van der Waals surface area contributed by atoms with Gasteiger partial charge in [-0.1, -0.05) is 42.0 Å². The van der Waals surface area contributed by atoms with Gasteiger partial charge in [0.05, 0.1) is 12.1 Å². The van der Waals surface area contributed by atoms with E-state index in [1.807, 2.05) is 12.1 Å². The lowest BCUT2D eigenvalue weighted by molar-refractivity contribution is 0.303. The minimum Gasteiger partial charge on any atom is -0.490 e. The van der Waals surface area contributed by atoms with Crippen molar-refractivity contribution >= 4 is 0 Å². The molecule has 98 valence electrons. The Bertz CT molecular complexity index is 558. The third-order valence-electron chi connectivity index (χ3n) is 3.47. The van der Waals surface area contributed by atoms with Gasteiger partial charge in [0.1, 0.15) is 5.75 Å². The summed E-state index contributed by atoms with van der Waals surface area (Å²) in [6.07, 6.45) is 2.81. The fraction of sp³-hybridized carbons (Fsp3) is 0.294. The van der Waals surface area contributed by atoms with Gasteiger partial charge < -0.3 is 10.5 Å². The Hall–Kier alpha value is -1.80. The maximum absolute atomic E-state index is 6.31. The second-order valence-electron chi connectivity index (χ2n) is 5.28. The van der Waals surface area contributed by atoms with E-state index in [0.717, 1.165) is 16.9 Å². The van der Waals surface area contributed by atoms with E-state index in [2.05, 4.69) is 43.3 Å². The topological polar surface area (TPSA) is 35.2 Å². The minimum atomic E-state index is -0.0742. The van der Waals surface area contributed by atoms with E-state index in [4.69, 9.17) is 10.5 Å². The summed E-state index contributed by atoms with van der Waals surface area (Å²) in [7, 11) is 0. The van der Waals surface area contributed by atoms with Gasteiger partial charge in [-0.25, -0.2) is 0 Å². The zero-order valence-corrected chi connectivity index (χ0v) is 11.2. The smallest absolute Gasteiger partial charge is 0.119 e. The lowest BCUT2D eigenvalue weighted by Gasteiger charge is -2.14. The molecule has 0 spiro atoms. The van der Waals surface area contributed by atoms with Crippen molar-refractivity contribution in [3.8, 4) is 5.75 Å². The predicted octanol–water partition coefficient (Wildman–Crippen LogP) is 3.58. The molecule has 2 nitrogen and oxygen atoms in total. The summed E-state index contributed by atoms with van der Waals surface area (Å²) < 4.78 is 5.74. The van der Waals surface area contributed by atoms with Crippen LogP contribution in [0.2, 0.25) is 0 Å². The number of aryl methyl sites for hydroxylation is 1. The summed E-state index contributed by atoms with van der Waals surface area (Å²) >= 11 is 0. The second kappa shape index (κ2) is 5.06. The third-order valence-corrected chi connectivity index (χ3v) is 3.47. The van der Waals surface area contributed by atoms with Crippen molar-refractivity contribution in [3.05, 3.63) is 65.2 Å². The fourth-order valence-corrected chi connectivity index (χ4v) is 2.19. The van der Waals surface area contributed by atoms with Crippen LogP contribution in [0.1, 0.15) is 35.6 Å². The van der Waals surface area contributed by atoms with Crippen LogP contribution in [-0.4, -0.2) is 6.10 Å². The van der Waals surface area contributed by atoms with Gasteiger partial charge in [-0.15, -0.1) is 0 Å². The summed E-state index contributed by atoms with van der Waals surface area (Å²) in [6.45, 7) is 2.09. The fourth-order valence-electron chi connectivity index (χ4n) is 2.19. The molecule has 0 amide bonds. The van der Waals surface area contributed by atoms with Gasteiger partial charge in [0.25, 0.3) is 0 Å². The summed E-state index contributed by atoms with van der Waals surface area (Å²) in [4.78, 5) is 0. The predicted molar refractivity (Wildman–Crippen MR) is 77.3 cm³/mol. The first-order valence-electron chi connectivity index (χ1n) is 6.81. The van der Waals surface area contributed by atoms with Crippen molar-refractivity contribution in [1.29, 1.82) is 0 Å². The van der Waals surface area contributed by atoms with Gasteiger partial charge in [0, 0.05) is 0 Å². The Morgan fingerprint density at radius 2 is 1.79 bits per heavy atom. The van der Waals surface area contributed by atoms with Crippen molar-refractivity contribution in [3.63, 3.8) is 0 Å². The van der Waals surface area contributed by atoms with Crippen molar-refractivity contribution in [2.75, 3.05) is 0 Å². The largest absolute Gasteiger partial charge is 0.490 e. The molecule has 0 aliphatic heterocycles. The number of benzene rings is 2. The zero-order valence-electron chi connectivity index (χ0n) is 11.2. The molecule has 2 N–H and O–H groups in total. The molecule has 1 unspecified atom stereocenters. The van der Waals surface area contributed by atoms with E-state index in [9.17, 15) is 0 Å². The van der Waals surface area contributed by atoms with Crippen LogP contribution in [0.5, 0.6) is 5.75 Å². The van der Waals surface area contributed by atoms with Crippen LogP contribution in [0.25, 0.3) is 0 Å². The average molecular weight is 253 g/mol. The molecule has 1 fully saturated rings. The highest BCUT2D eigenvalue weighted by Gasteiger charge is 2.23. The molecule has 2 aromatic carbocycles. The van der Waals surface area contributed by atoms with Crippen LogP contribution in [0, 0.1) is 6.92 Å². The first-order chi connectivity index (χ1) is 9.22. The van der Waals surface area contributed by atoms with E-state index < -0.39 is 0 Å². The molecular formula is C17H19NO. The number of hydrogen-bond donors (Lipinski definition) is 1. The molecule has 2 aromatic rings. The lowest BCUT2D eigenvalue weighted by Crippen LogP contribution is -2.11. The Labute approximate surface area is 114 Å². The maximum Gasteiger partial charge on any atom is 0.119 e. The number of nitrogens with two attached hydrogens (primary N) is 1. The van der Waals surface area contributed by atoms with E-state index in [0.29, 0.717) is 6.10 Å². The Kier molecular flexibility index (Phi) is 3.26. The molecule has 19 heavy (non-hydrogen) atoms. The van der Waals surface area contributed by atoms with Crippen LogP contribution in [-0.2, 0) is 0 Å². The normalized spacial score (nSPS) is 16.1. The Morgan fingerprint density at radius 1 is 1.05 bits per heavy atom. The number of rotatable bonds is 4. The first-order valence-corrected chi connectivity index (χ1v) is 6.81. The van der Waals surface area contributed by atoms with Gasteiger partial charge >= 0.3 is 0 Å². The second-order valence-corrected chi connectivity index (χ2v) is 5.28. The minimum absolute atomic E-state index is 0.0742. The van der Waals surface area contributed by atoms with Crippen LogP contribution in [0.4, 0.5) is 0 Å². The average Bonchev–Trinajstić information content (AvgIpc) is 3.23. The van der Waals surface area contributed by atoms with Gasteiger partial charge in [-0.3, -0.25) is 0 Å². The summed E-state index contributed by atoms with van der Waals surface area (Å²) in [6, 6.07) is 16.4. The molecule has 0 aromatic heterocycles. The zero-order chi connectivity index (χ0) is 13.2. The quantitative estimate of drug-likeness (QED) is 0.903. The van der Waals surface area contributed by atoms with E-state index in [1.165, 1.54) is 18.4 Å². The van der Waals surface area contributed by atoms with Gasteiger partial charge in [-0.2, -0.15) is 0 Å². The summed E-state index contributed by atoms with van der Waals surface area (Å²) in [5.74, 6) is 0.947. The molecule has 1 atom stereocenters. The molecular weight excluding hydrogens is 234 g/mol. The van der Waals surface area contributed by atoms with Crippen LogP contribution in [0.3, 0.4) is 0 Å². The SMILES string of the molecule is Cc1cccc(C(N)c2ccc(OC3CC3)cc2)c1. The van der Waals surface area contributed by atoms with Crippen molar-refractivity contribution in [2.24, 2.45) is 5.73 Å². The van der Waals surface area contributed by atoms with Crippen LogP contribution in [0.15, 0.2) is 48.5 Å². The summed E-state index contributed by atoms with van der Waals surface area (Å²) in [5, 5.41) is 0. The number of hydrogen-bond acceptors (Lipinski definition) is 2. The van der Waals surface area contributed by atoms with Crippen molar-refractivity contribution in [2.45, 2.75) is 31.9 Å². The van der Waals surface area contributed by atoms with Crippen molar-refractivity contribution in [1.82, 2.24) is 0 Å². The molecule has 1 aliphatic rings. The van der Waals surface area contributed by atoms with Crippen LogP contribution < -0.4 is 10.5 Å². The van der Waals surface area contributed by atoms with Gasteiger partial charge in [0.15, 0.2) is 0 Å². The summed E-state index contributed by atoms with van der Waals surface area (Å²) in [5.41, 5.74) is 9.81. The molecule has 2 heteroatoms. The standard InChI is InChI=1S/C17H19NO/c1-12-3-2-4-14(11-12)17(18)13-5-7-15(8-6-13)19-16-9-10-16/h2-8,11,16-17H,9-10,18H2,1H3. The molecule has 3 rings (SSSR count). The number of ether oxygens (including phenoxy) is 1. The molecule has 0 bridgehead atoms. The molecule has 0 saturated heterocycles. The first kappa shape index (κ1) is 12.2. The molecule has 0 heterocycles. The van der Waals surface area contributed by atoms with Gasteiger partial charge in [-0.05, 0) is 43.0 Å². The third kappa shape index (κ3) is 2.96. The van der Waals surface area contributed by atoms with Crippen molar-refractivity contribution < 1.29 is 4.74 Å². The lowest BCUT2D eigenvalue weighted by atomic mass is 9.98. The Morgan fingerprint density at radius 3 is 2.42 bits per heavy atom. The highest BCUT2D eigenvalue weighted by Crippen LogP contribution is 2.28. The van der Waals surface area contributed by atoms with E-state index in [-0.39, 0.29) is 6.04 Å². The highest BCUT2D eigenvalue weighted by molar-refractivity contribution is 5.36. The van der Waals surface area contributed by atoms with E-state index >= 15 is 0 Å². The maximum atomic E-state index is 6.31. The van der Waals surface area contributed by atoms with E-state index in [1.54, 1.807) is 0 Å². The Balaban J connectivity index is 1.77. The van der Waals surface area contributed by atoms with Crippen LogP contribution >= 0.6 is 0 Å². The molecule has 1 saturated carbocycles.